The number of thiazole rings is 1. The number of para-hydroxylation sites is 1. The van der Waals surface area contributed by atoms with Crippen LogP contribution in [0.4, 0.5) is 5.13 Å². The average molecular weight is 578 g/mol. The average Bonchev–Trinajstić information content (AvgIpc) is 3.36. The third-order valence-electron chi connectivity index (χ3n) is 5.82. The van der Waals surface area contributed by atoms with Crippen molar-refractivity contribution in [2.75, 3.05) is 19.0 Å². The number of nitrogens with one attached hydrogen (secondary N) is 1. The Hall–Kier alpha value is -2.91. The molecule has 202 valence electrons. The van der Waals surface area contributed by atoms with Crippen molar-refractivity contribution in [2.45, 2.75) is 46.1 Å². The van der Waals surface area contributed by atoms with Gasteiger partial charge in [-0.05, 0) is 44.0 Å². The summed E-state index contributed by atoms with van der Waals surface area (Å²) in [6, 6.07) is 8.75. The number of halogens is 2. The molecule has 3 rings (SSSR count). The number of nitrogens with zero attached hydrogens (tertiary/aromatic N) is 1. The molecule has 1 amide bonds. The number of aliphatic carboxylic acids is 1. The van der Waals surface area contributed by atoms with Crippen LogP contribution in [-0.4, -0.2) is 35.7 Å². The van der Waals surface area contributed by atoms with Crippen LogP contribution in [0, 0.1) is 0 Å². The number of carbonyl (C=O) groups excluding carboxylic acids is 1. The van der Waals surface area contributed by atoms with Gasteiger partial charge in [-0.3, -0.25) is 10.1 Å². The third-order valence-corrected chi connectivity index (χ3v) is 7.21. The second-order valence-corrected chi connectivity index (χ2v) is 10.2. The molecule has 0 fully saturated rings. The lowest BCUT2D eigenvalue weighted by Crippen LogP contribution is -2.12. The first kappa shape index (κ1) is 29.6. The molecule has 1 aromatic heterocycles. The second kappa shape index (κ2) is 13.8. The molecule has 10 heteroatoms. The molecule has 1 atom stereocenters. The van der Waals surface area contributed by atoms with Gasteiger partial charge in [-0.1, -0.05) is 55.6 Å². The molecule has 7 nitrogen and oxygen atoms in total. The van der Waals surface area contributed by atoms with Crippen LogP contribution in [0.2, 0.25) is 10.0 Å². The zero-order chi connectivity index (χ0) is 27.8. The lowest BCUT2D eigenvalue weighted by atomic mass is 10.0. The van der Waals surface area contributed by atoms with E-state index in [1.54, 1.807) is 7.11 Å². The number of hydrogen-bond donors (Lipinski definition) is 2. The van der Waals surface area contributed by atoms with Crippen molar-refractivity contribution in [2.24, 2.45) is 0 Å². The number of aromatic nitrogens is 1. The molecule has 0 spiro atoms. The highest BCUT2D eigenvalue weighted by Crippen LogP contribution is 2.39. The summed E-state index contributed by atoms with van der Waals surface area (Å²) >= 11 is 13.9. The van der Waals surface area contributed by atoms with E-state index in [4.69, 9.17) is 37.8 Å². The van der Waals surface area contributed by atoms with E-state index in [1.807, 2.05) is 23.6 Å². The highest BCUT2D eigenvalue weighted by atomic mass is 35.5. The highest BCUT2D eigenvalue weighted by molar-refractivity contribution is 7.14. The Morgan fingerprint density at radius 1 is 1.21 bits per heavy atom. The number of unbranched alkanes of at least 4 members (excludes halogenated alkanes) is 1. The topological polar surface area (TPSA) is 97.8 Å². The predicted molar refractivity (Wildman–Crippen MR) is 154 cm³/mol. The number of rotatable bonds is 12. The van der Waals surface area contributed by atoms with E-state index >= 15 is 0 Å². The molecule has 2 aromatic carbocycles. The predicted octanol–water partition coefficient (Wildman–Crippen LogP) is 8.13. The number of methoxy groups -OCH3 is 1. The van der Waals surface area contributed by atoms with Crippen LogP contribution < -0.4 is 10.1 Å². The summed E-state index contributed by atoms with van der Waals surface area (Å²) < 4.78 is 11.9. The van der Waals surface area contributed by atoms with Gasteiger partial charge in [0.2, 0.25) is 0 Å². The van der Waals surface area contributed by atoms with Crippen LogP contribution in [0.5, 0.6) is 5.75 Å². The zero-order valence-electron chi connectivity index (χ0n) is 21.6. The monoisotopic (exact) mass is 576 g/mol. The molecule has 0 bridgehead atoms. The Labute approximate surface area is 236 Å². The number of carboxylic acid groups (broad SMARTS) is 1. The molecule has 0 unspecified atom stereocenters. The lowest BCUT2D eigenvalue weighted by molar-refractivity contribution is -0.132. The summed E-state index contributed by atoms with van der Waals surface area (Å²) in [7, 11) is 1.63. The minimum Gasteiger partial charge on any atom is -0.496 e. The third kappa shape index (κ3) is 7.14. The van der Waals surface area contributed by atoms with Gasteiger partial charge in [-0.15, -0.1) is 11.3 Å². The van der Waals surface area contributed by atoms with E-state index in [0.29, 0.717) is 28.7 Å². The van der Waals surface area contributed by atoms with Gasteiger partial charge in [0.25, 0.3) is 5.91 Å². The van der Waals surface area contributed by atoms with Crippen LogP contribution >= 0.6 is 34.5 Å². The van der Waals surface area contributed by atoms with Crippen molar-refractivity contribution in [3.05, 3.63) is 68.0 Å². The van der Waals surface area contributed by atoms with Gasteiger partial charge in [0.15, 0.2) is 5.13 Å². The van der Waals surface area contributed by atoms with Crippen molar-refractivity contribution < 1.29 is 24.2 Å². The summed E-state index contributed by atoms with van der Waals surface area (Å²) in [5, 5.41) is 14.4. The minimum absolute atomic E-state index is 0.0681. The lowest BCUT2D eigenvalue weighted by Gasteiger charge is -2.20. The fourth-order valence-corrected chi connectivity index (χ4v) is 5.09. The number of ether oxygens (including phenoxy) is 2. The molecule has 2 N–H and O–H groups in total. The molecular formula is C28H30Cl2N2O5S. The first-order chi connectivity index (χ1) is 18.2. The Balaban J connectivity index is 1.84. The number of anilines is 1. The molecule has 0 aliphatic rings. The number of carbonyl (C=O) groups is 2. The fourth-order valence-electron chi connectivity index (χ4n) is 3.79. The molecule has 1 heterocycles. The quantitative estimate of drug-likeness (QED) is 0.167. The number of carboxylic acids is 1. The standard InChI is InChI=1S/C28H30Cl2N2O5S/c1-5-7-11-37-24(6-2)19-10-8-9-18(25(19)36-4)23-15-38-28(31-23)32-26(33)17-13-21(29)20(22(30)14-17)12-16(3)27(34)35/h8-10,12-15,24H,5-7,11H2,1-4H3,(H,34,35)(H,31,32,33)/t24-/m1/s1. The minimum atomic E-state index is -1.09. The van der Waals surface area contributed by atoms with E-state index in [-0.39, 0.29) is 27.3 Å². The van der Waals surface area contributed by atoms with E-state index in [0.717, 1.165) is 30.4 Å². The maximum atomic E-state index is 12.9. The van der Waals surface area contributed by atoms with Crippen molar-refractivity contribution in [3.63, 3.8) is 0 Å². The van der Waals surface area contributed by atoms with Gasteiger partial charge >= 0.3 is 5.97 Å². The van der Waals surface area contributed by atoms with Crippen molar-refractivity contribution >= 4 is 57.6 Å². The van der Waals surface area contributed by atoms with Gasteiger partial charge in [0.1, 0.15) is 5.75 Å². The van der Waals surface area contributed by atoms with Crippen molar-refractivity contribution in [1.29, 1.82) is 0 Å². The molecule has 3 aromatic rings. The van der Waals surface area contributed by atoms with Gasteiger partial charge in [0.05, 0.1) is 29.0 Å². The van der Waals surface area contributed by atoms with Crippen molar-refractivity contribution in [3.8, 4) is 17.0 Å². The van der Waals surface area contributed by atoms with Gasteiger partial charge in [-0.2, -0.15) is 0 Å². The van der Waals surface area contributed by atoms with E-state index in [9.17, 15) is 9.59 Å². The summed E-state index contributed by atoms with van der Waals surface area (Å²) in [4.78, 5) is 28.7. The van der Waals surface area contributed by atoms with Crippen LogP contribution in [0.1, 0.15) is 67.6 Å². The SMILES string of the molecule is CCCCO[C@H](CC)c1cccc(-c2csc(NC(=O)c3cc(Cl)c(C=C(C)C(=O)O)c(Cl)c3)n2)c1OC. The number of amides is 1. The summed E-state index contributed by atoms with van der Waals surface area (Å²) in [5.41, 5.74) is 3.04. The molecule has 0 radical (unpaired) electrons. The maximum Gasteiger partial charge on any atom is 0.331 e. The summed E-state index contributed by atoms with van der Waals surface area (Å²) in [6.07, 6.45) is 4.12. The second-order valence-electron chi connectivity index (χ2n) is 8.53. The molecule has 0 aliphatic heterocycles. The summed E-state index contributed by atoms with van der Waals surface area (Å²) in [5.74, 6) is -0.843. The number of benzene rings is 2. The van der Waals surface area contributed by atoms with Crippen LogP contribution in [0.15, 0.2) is 41.3 Å². The van der Waals surface area contributed by atoms with Gasteiger partial charge < -0.3 is 14.6 Å². The van der Waals surface area contributed by atoms with Crippen LogP contribution in [0.25, 0.3) is 17.3 Å². The first-order valence-electron chi connectivity index (χ1n) is 12.2. The zero-order valence-corrected chi connectivity index (χ0v) is 24.0. The fraction of sp³-hybridized carbons (Fsp3) is 0.321. The Morgan fingerprint density at radius 2 is 1.92 bits per heavy atom. The van der Waals surface area contributed by atoms with E-state index < -0.39 is 11.9 Å². The molecule has 0 saturated carbocycles. The van der Waals surface area contributed by atoms with E-state index in [1.165, 1.54) is 36.5 Å². The normalized spacial score (nSPS) is 12.3. The van der Waals surface area contributed by atoms with E-state index in [2.05, 4.69) is 24.1 Å². The molecule has 0 aliphatic carbocycles. The molecule has 0 saturated heterocycles. The van der Waals surface area contributed by atoms with Crippen LogP contribution in [-0.2, 0) is 9.53 Å². The maximum absolute atomic E-state index is 12.9. The van der Waals surface area contributed by atoms with Gasteiger partial charge in [0, 0.05) is 39.8 Å². The Morgan fingerprint density at radius 3 is 2.53 bits per heavy atom. The smallest absolute Gasteiger partial charge is 0.331 e. The van der Waals surface area contributed by atoms with Crippen molar-refractivity contribution in [1.82, 2.24) is 4.98 Å². The molecular weight excluding hydrogens is 547 g/mol. The Kier molecular flexibility index (Phi) is 10.7. The molecule has 38 heavy (non-hydrogen) atoms. The van der Waals surface area contributed by atoms with Crippen LogP contribution in [0.3, 0.4) is 0 Å². The first-order valence-corrected chi connectivity index (χ1v) is 13.8. The summed E-state index contributed by atoms with van der Waals surface area (Å²) in [6.45, 7) is 6.32. The Bertz CT molecular complexity index is 1320. The largest absolute Gasteiger partial charge is 0.496 e. The number of hydrogen-bond acceptors (Lipinski definition) is 6. The highest BCUT2D eigenvalue weighted by Gasteiger charge is 2.21. The van der Waals surface area contributed by atoms with Gasteiger partial charge in [-0.25, -0.2) is 9.78 Å².